The zero-order valence-corrected chi connectivity index (χ0v) is 12.0. The molecule has 0 saturated heterocycles. The van der Waals surface area contributed by atoms with E-state index in [0.29, 0.717) is 12.5 Å². The normalized spacial score (nSPS) is 11.0. The Morgan fingerprint density at radius 1 is 1.39 bits per heavy atom. The van der Waals surface area contributed by atoms with Crippen molar-refractivity contribution in [3.8, 4) is 0 Å². The molecule has 3 heterocycles. The van der Waals surface area contributed by atoms with E-state index in [2.05, 4.69) is 36.3 Å². The van der Waals surface area contributed by atoms with E-state index in [-0.39, 0.29) is 0 Å². The van der Waals surface area contributed by atoms with E-state index in [0.717, 1.165) is 20.8 Å². The van der Waals surface area contributed by atoms with Gasteiger partial charge in [-0.2, -0.15) is 4.98 Å². The van der Waals surface area contributed by atoms with Crippen LogP contribution in [0, 0.1) is 6.92 Å². The van der Waals surface area contributed by atoms with Crippen LogP contribution in [0.4, 0.5) is 5.95 Å². The van der Waals surface area contributed by atoms with Gasteiger partial charge in [0.25, 0.3) is 0 Å². The van der Waals surface area contributed by atoms with Gasteiger partial charge in [0.2, 0.25) is 5.95 Å². The Hall–Kier alpha value is -1.47. The van der Waals surface area contributed by atoms with Crippen LogP contribution in [0.25, 0.3) is 5.65 Å². The summed E-state index contributed by atoms with van der Waals surface area (Å²) in [5.41, 5.74) is 1.86. The van der Waals surface area contributed by atoms with Crippen molar-refractivity contribution in [2.45, 2.75) is 13.5 Å². The van der Waals surface area contributed by atoms with Crippen LogP contribution < -0.4 is 5.32 Å². The molecule has 0 atom stereocenters. The molecule has 7 heteroatoms. The van der Waals surface area contributed by atoms with Gasteiger partial charge in [-0.1, -0.05) is 0 Å². The summed E-state index contributed by atoms with van der Waals surface area (Å²) in [5.74, 6) is 0.612. The van der Waals surface area contributed by atoms with Gasteiger partial charge in [0.15, 0.2) is 5.65 Å². The van der Waals surface area contributed by atoms with E-state index in [1.807, 2.05) is 30.6 Å². The van der Waals surface area contributed by atoms with Crippen molar-refractivity contribution in [3.05, 3.63) is 38.9 Å². The van der Waals surface area contributed by atoms with Gasteiger partial charge in [0.1, 0.15) is 5.01 Å². The molecule has 0 fully saturated rings. The molecular weight excluding hydrogens is 314 g/mol. The maximum absolute atomic E-state index is 4.38. The highest BCUT2D eigenvalue weighted by atomic mass is 79.9. The van der Waals surface area contributed by atoms with Crippen LogP contribution in [0.5, 0.6) is 0 Å². The summed E-state index contributed by atoms with van der Waals surface area (Å²) in [5, 5.41) is 10.6. The number of hydrogen-bond donors (Lipinski definition) is 1. The summed E-state index contributed by atoms with van der Waals surface area (Å²) in [6.45, 7) is 2.64. The number of rotatable bonds is 3. The van der Waals surface area contributed by atoms with Gasteiger partial charge in [-0.3, -0.25) is 0 Å². The average Bonchev–Trinajstić information content (AvgIpc) is 2.92. The number of pyridine rings is 1. The lowest BCUT2D eigenvalue weighted by molar-refractivity contribution is 0.943. The number of halogens is 1. The molecule has 0 aliphatic rings. The third-order valence-corrected chi connectivity index (χ3v) is 3.79. The second kappa shape index (κ2) is 4.66. The SMILES string of the molecule is Cc1csc(CNc2nc3ccc(Br)cn3n2)n1. The first-order valence-electron chi connectivity index (χ1n) is 5.37. The Bertz CT molecular complexity index is 690. The first-order chi connectivity index (χ1) is 8.70. The van der Waals surface area contributed by atoms with Crippen molar-refractivity contribution in [1.82, 2.24) is 19.6 Å². The lowest BCUT2D eigenvalue weighted by Crippen LogP contribution is -2.00. The number of nitrogens with one attached hydrogen (secondary N) is 1. The lowest BCUT2D eigenvalue weighted by atomic mass is 10.5. The fourth-order valence-corrected chi connectivity index (χ4v) is 2.61. The van der Waals surface area contributed by atoms with Crippen molar-refractivity contribution < 1.29 is 0 Å². The number of aromatic nitrogens is 4. The quantitative estimate of drug-likeness (QED) is 0.805. The van der Waals surface area contributed by atoms with Gasteiger partial charge < -0.3 is 5.32 Å². The predicted molar refractivity (Wildman–Crippen MR) is 74.9 cm³/mol. The van der Waals surface area contributed by atoms with Crippen molar-refractivity contribution in [2.24, 2.45) is 0 Å². The van der Waals surface area contributed by atoms with Crippen molar-refractivity contribution in [1.29, 1.82) is 0 Å². The van der Waals surface area contributed by atoms with Crippen LogP contribution in [0.2, 0.25) is 0 Å². The molecule has 92 valence electrons. The van der Waals surface area contributed by atoms with Gasteiger partial charge in [-0.05, 0) is 35.0 Å². The maximum atomic E-state index is 4.38. The number of aryl methyl sites for hydroxylation is 1. The number of anilines is 1. The van der Waals surface area contributed by atoms with E-state index in [1.54, 1.807) is 15.9 Å². The van der Waals surface area contributed by atoms with E-state index >= 15 is 0 Å². The van der Waals surface area contributed by atoms with Crippen LogP contribution in [-0.2, 0) is 6.54 Å². The van der Waals surface area contributed by atoms with Gasteiger partial charge in [0, 0.05) is 21.7 Å². The van der Waals surface area contributed by atoms with Crippen molar-refractivity contribution in [2.75, 3.05) is 5.32 Å². The Balaban J connectivity index is 1.78. The first-order valence-corrected chi connectivity index (χ1v) is 7.05. The second-order valence-corrected chi connectivity index (χ2v) is 5.68. The fourth-order valence-electron chi connectivity index (χ4n) is 1.57. The zero-order valence-electron chi connectivity index (χ0n) is 9.59. The van der Waals surface area contributed by atoms with E-state index < -0.39 is 0 Å². The number of thiazole rings is 1. The predicted octanol–water partition coefficient (Wildman–Crippen LogP) is 2.87. The minimum Gasteiger partial charge on any atom is -0.346 e. The minimum atomic E-state index is 0.612. The molecule has 0 unspecified atom stereocenters. The standard InChI is InChI=1S/C11H10BrN5S/c1-7-6-18-10(14-7)4-13-11-15-9-3-2-8(12)5-17(9)16-11/h2-3,5-6H,4H2,1H3,(H,13,16). The van der Waals surface area contributed by atoms with E-state index in [9.17, 15) is 0 Å². The lowest BCUT2D eigenvalue weighted by Gasteiger charge is -1.96. The molecule has 0 bridgehead atoms. The zero-order chi connectivity index (χ0) is 12.5. The molecule has 0 aliphatic heterocycles. The van der Waals surface area contributed by atoms with Gasteiger partial charge in [-0.15, -0.1) is 16.4 Å². The summed E-state index contributed by atoms with van der Waals surface area (Å²) in [4.78, 5) is 8.75. The smallest absolute Gasteiger partial charge is 0.243 e. The molecule has 0 saturated carbocycles. The summed E-state index contributed by atoms with van der Waals surface area (Å²) in [7, 11) is 0. The number of nitrogens with zero attached hydrogens (tertiary/aromatic N) is 4. The van der Waals surface area contributed by atoms with Crippen LogP contribution in [-0.4, -0.2) is 19.6 Å². The van der Waals surface area contributed by atoms with E-state index in [4.69, 9.17) is 0 Å². The highest BCUT2D eigenvalue weighted by molar-refractivity contribution is 9.10. The molecule has 3 aromatic heterocycles. The molecule has 18 heavy (non-hydrogen) atoms. The Kier molecular flexibility index (Phi) is 3.00. The largest absolute Gasteiger partial charge is 0.346 e. The molecular formula is C11H10BrN5S. The molecule has 3 rings (SSSR count). The van der Waals surface area contributed by atoms with Crippen molar-refractivity contribution >= 4 is 38.9 Å². The van der Waals surface area contributed by atoms with Crippen LogP contribution >= 0.6 is 27.3 Å². The van der Waals surface area contributed by atoms with Crippen LogP contribution in [0.3, 0.4) is 0 Å². The summed E-state index contributed by atoms with van der Waals surface area (Å²) < 4.78 is 2.71. The molecule has 0 aliphatic carbocycles. The third-order valence-electron chi connectivity index (χ3n) is 2.36. The van der Waals surface area contributed by atoms with Crippen LogP contribution in [0.1, 0.15) is 10.7 Å². The number of hydrogen-bond acceptors (Lipinski definition) is 5. The van der Waals surface area contributed by atoms with Gasteiger partial charge in [-0.25, -0.2) is 9.50 Å². The molecule has 0 radical (unpaired) electrons. The molecule has 0 aromatic carbocycles. The highest BCUT2D eigenvalue weighted by Crippen LogP contribution is 2.14. The topological polar surface area (TPSA) is 55.1 Å². The molecule has 5 nitrogen and oxygen atoms in total. The molecule has 0 amide bonds. The molecule has 0 spiro atoms. The molecule has 3 aromatic rings. The summed E-state index contributed by atoms with van der Waals surface area (Å²) in [6, 6.07) is 3.85. The Labute approximate surface area is 116 Å². The molecule has 1 N–H and O–H groups in total. The Morgan fingerprint density at radius 2 is 2.28 bits per heavy atom. The van der Waals surface area contributed by atoms with Crippen LogP contribution in [0.15, 0.2) is 28.2 Å². The fraction of sp³-hybridized carbons (Fsp3) is 0.182. The first kappa shape index (κ1) is 11.6. The second-order valence-electron chi connectivity index (χ2n) is 3.82. The number of fused-ring (bicyclic) bond motifs is 1. The maximum Gasteiger partial charge on any atom is 0.243 e. The van der Waals surface area contributed by atoms with Crippen molar-refractivity contribution in [3.63, 3.8) is 0 Å². The third kappa shape index (κ3) is 2.37. The summed E-state index contributed by atoms with van der Waals surface area (Å²) in [6.07, 6.45) is 1.88. The summed E-state index contributed by atoms with van der Waals surface area (Å²) >= 11 is 5.04. The van der Waals surface area contributed by atoms with Gasteiger partial charge in [0.05, 0.1) is 6.54 Å². The Morgan fingerprint density at radius 3 is 3.06 bits per heavy atom. The minimum absolute atomic E-state index is 0.612. The monoisotopic (exact) mass is 323 g/mol. The van der Waals surface area contributed by atoms with E-state index in [1.165, 1.54) is 0 Å². The van der Waals surface area contributed by atoms with Gasteiger partial charge >= 0.3 is 0 Å². The highest BCUT2D eigenvalue weighted by Gasteiger charge is 2.04. The average molecular weight is 324 g/mol.